The molecule has 0 radical (unpaired) electrons. The zero-order valence-electron chi connectivity index (χ0n) is 35.5. The highest BCUT2D eigenvalue weighted by Gasteiger charge is 2.46. The maximum atomic E-state index is 7.04. The quantitative estimate of drug-likeness (QED) is 0.163. The second-order valence-electron chi connectivity index (χ2n) is 20.9. The second-order valence-corrected chi connectivity index (χ2v) is 21.4. The van der Waals surface area contributed by atoms with Crippen LogP contribution in [-0.4, -0.2) is 6.71 Å². The minimum atomic E-state index is -0.114. The molecule has 2 heterocycles. The third-order valence-electron chi connectivity index (χ3n) is 11.6. The largest absolute Gasteiger partial charge is 0.311 e. The van der Waals surface area contributed by atoms with Crippen molar-refractivity contribution in [1.82, 2.24) is 0 Å². The normalized spacial score (nSPS) is 14.6. The summed E-state index contributed by atoms with van der Waals surface area (Å²) in [5.74, 6) is 0. The summed E-state index contributed by atoms with van der Waals surface area (Å²) in [6.07, 6.45) is 0. The smallest absolute Gasteiger partial charge is 0.252 e. The summed E-state index contributed by atoms with van der Waals surface area (Å²) in [5, 5.41) is 0.750. The molecule has 5 aromatic carbocycles. The van der Waals surface area contributed by atoms with Crippen LogP contribution in [0.3, 0.4) is 0 Å². The molecule has 0 saturated carbocycles. The van der Waals surface area contributed by atoms with Crippen molar-refractivity contribution in [2.75, 3.05) is 9.80 Å². The molecule has 54 heavy (non-hydrogen) atoms. The molecule has 2 aliphatic rings. The number of nitrogens with zero attached hydrogens (tertiary/aromatic N) is 2. The van der Waals surface area contributed by atoms with E-state index >= 15 is 0 Å². The van der Waals surface area contributed by atoms with Crippen molar-refractivity contribution in [2.24, 2.45) is 0 Å². The molecule has 0 fully saturated rings. The van der Waals surface area contributed by atoms with Gasteiger partial charge in [-0.2, -0.15) is 0 Å². The number of hydrogen-bond acceptors (Lipinski definition) is 2. The first-order chi connectivity index (χ1) is 24.9. The highest BCUT2D eigenvalue weighted by atomic mass is 35.5. The van der Waals surface area contributed by atoms with Gasteiger partial charge in [-0.3, -0.25) is 0 Å². The topological polar surface area (TPSA) is 6.48 Å². The van der Waals surface area contributed by atoms with Gasteiger partial charge in [0, 0.05) is 27.8 Å². The number of benzene rings is 5. The molecule has 7 rings (SSSR count). The lowest BCUT2D eigenvalue weighted by Crippen LogP contribution is -2.61. The first kappa shape index (κ1) is 38.3. The van der Waals surface area contributed by atoms with Crippen LogP contribution in [0.1, 0.15) is 132 Å². The molecule has 0 aromatic heterocycles. The molecule has 0 unspecified atom stereocenters. The molecule has 0 atom stereocenters. The molecular weight excluding hydrogens is 675 g/mol. The molecule has 0 spiro atoms. The van der Waals surface area contributed by atoms with E-state index in [9.17, 15) is 0 Å². The Balaban J connectivity index is 1.73. The standard InChI is InChI=1S/C50H60BClN2/c1-46(2,3)31-28-41-43-42(29-31)54(45-35(49(10,11)12)22-19-23-36(45)50(13,14)15)40-30-32(52)26-27-38(40)51(43)37-24-16-17-25-39(37)53(41)44-33(47(4,5)6)20-18-21-34(44)48(7,8)9/h16-30H,1-15H3. The maximum Gasteiger partial charge on any atom is 0.252 e. The Bertz CT molecular complexity index is 2220. The Morgan fingerprint density at radius 3 is 1.24 bits per heavy atom. The van der Waals surface area contributed by atoms with E-state index in [1.807, 2.05) is 0 Å². The van der Waals surface area contributed by atoms with Crippen LogP contribution < -0.4 is 26.2 Å². The van der Waals surface area contributed by atoms with E-state index < -0.39 is 0 Å². The van der Waals surface area contributed by atoms with Crippen LogP contribution >= 0.6 is 11.6 Å². The van der Waals surface area contributed by atoms with Crippen LogP contribution in [0.5, 0.6) is 0 Å². The Hall–Kier alpha value is -3.95. The van der Waals surface area contributed by atoms with Crippen LogP contribution in [-0.2, 0) is 27.1 Å². The van der Waals surface area contributed by atoms with Gasteiger partial charge in [-0.15, -0.1) is 0 Å². The van der Waals surface area contributed by atoms with Gasteiger partial charge in [-0.25, -0.2) is 0 Å². The highest BCUT2D eigenvalue weighted by Crippen LogP contribution is 2.53. The van der Waals surface area contributed by atoms with Gasteiger partial charge < -0.3 is 9.80 Å². The molecule has 280 valence electrons. The van der Waals surface area contributed by atoms with Crippen molar-refractivity contribution in [2.45, 2.75) is 131 Å². The van der Waals surface area contributed by atoms with Gasteiger partial charge in [0.15, 0.2) is 0 Å². The Labute approximate surface area is 332 Å². The average molecular weight is 735 g/mol. The zero-order valence-corrected chi connectivity index (χ0v) is 36.3. The van der Waals surface area contributed by atoms with Crippen molar-refractivity contribution in [1.29, 1.82) is 0 Å². The molecule has 5 aromatic rings. The van der Waals surface area contributed by atoms with E-state index in [2.05, 4.69) is 205 Å². The van der Waals surface area contributed by atoms with Crippen molar-refractivity contribution in [3.05, 3.63) is 124 Å². The summed E-state index contributed by atoms with van der Waals surface area (Å²) in [6.45, 7) is 35.3. The lowest BCUT2D eigenvalue weighted by molar-refractivity contribution is 0.569. The van der Waals surface area contributed by atoms with Gasteiger partial charge in [0.25, 0.3) is 6.71 Å². The molecule has 2 aliphatic heterocycles. The minimum Gasteiger partial charge on any atom is -0.311 e. The maximum absolute atomic E-state index is 7.04. The SMILES string of the molecule is CC(C)(C)c1cc2c3c(c1)N(c1c(C(C)(C)C)cccc1C(C)(C)C)c1cc(Cl)ccc1B3c1ccccc1N2c1c(C(C)(C)C)cccc1C(C)(C)C. The van der Waals surface area contributed by atoms with E-state index in [0.29, 0.717) is 0 Å². The second kappa shape index (κ2) is 12.5. The fourth-order valence-corrected chi connectivity index (χ4v) is 8.99. The highest BCUT2D eigenvalue weighted by molar-refractivity contribution is 7.00. The van der Waals surface area contributed by atoms with E-state index in [1.54, 1.807) is 0 Å². The molecular formula is C50H60BClN2. The Morgan fingerprint density at radius 2 is 0.815 bits per heavy atom. The van der Waals surface area contributed by atoms with E-state index in [1.165, 1.54) is 72.6 Å². The van der Waals surface area contributed by atoms with Crippen LogP contribution in [0.2, 0.25) is 5.02 Å². The lowest BCUT2D eigenvalue weighted by Gasteiger charge is -2.48. The first-order valence-electron chi connectivity index (χ1n) is 19.9. The number of rotatable bonds is 2. The number of halogens is 1. The van der Waals surface area contributed by atoms with E-state index in [-0.39, 0.29) is 33.8 Å². The monoisotopic (exact) mass is 734 g/mol. The molecule has 0 bridgehead atoms. The van der Waals surface area contributed by atoms with Crippen molar-refractivity contribution in [3.63, 3.8) is 0 Å². The third kappa shape index (κ3) is 6.29. The summed E-state index contributed by atoms with van der Waals surface area (Å²) in [5.41, 5.74) is 17.6. The molecule has 2 nitrogen and oxygen atoms in total. The van der Waals surface area contributed by atoms with Gasteiger partial charge in [0.05, 0.1) is 11.4 Å². The average Bonchev–Trinajstić information content (AvgIpc) is 3.05. The summed E-state index contributed by atoms with van der Waals surface area (Å²) >= 11 is 7.04. The summed E-state index contributed by atoms with van der Waals surface area (Å²) in [7, 11) is 0. The summed E-state index contributed by atoms with van der Waals surface area (Å²) in [6, 6.07) is 34.7. The van der Waals surface area contributed by atoms with Gasteiger partial charge in [0.1, 0.15) is 0 Å². The number of para-hydroxylation sites is 3. The van der Waals surface area contributed by atoms with Gasteiger partial charge >= 0.3 is 0 Å². The van der Waals surface area contributed by atoms with Crippen molar-refractivity contribution >= 4 is 68.8 Å². The summed E-state index contributed by atoms with van der Waals surface area (Å²) in [4.78, 5) is 5.26. The van der Waals surface area contributed by atoms with Crippen molar-refractivity contribution in [3.8, 4) is 0 Å². The Kier molecular flexibility index (Phi) is 8.90. The number of anilines is 6. The predicted octanol–water partition coefficient (Wildman–Crippen LogP) is 12.9. The molecule has 0 N–H and O–H groups in total. The fourth-order valence-electron chi connectivity index (χ4n) is 8.82. The lowest BCUT2D eigenvalue weighted by atomic mass is 9.33. The van der Waals surface area contributed by atoms with Crippen LogP contribution in [0.15, 0.2) is 91.0 Å². The minimum absolute atomic E-state index is 0.0276. The van der Waals surface area contributed by atoms with Gasteiger partial charge in [0.2, 0.25) is 0 Å². The molecule has 0 saturated heterocycles. The van der Waals surface area contributed by atoms with Crippen molar-refractivity contribution < 1.29 is 0 Å². The first-order valence-corrected chi connectivity index (χ1v) is 20.2. The molecule has 4 heteroatoms. The van der Waals surface area contributed by atoms with Crippen LogP contribution in [0, 0.1) is 0 Å². The molecule has 0 amide bonds. The van der Waals surface area contributed by atoms with Gasteiger partial charge in [-0.1, -0.05) is 176 Å². The molecule has 0 aliphatic carbocycles. The Morgan fingerprint density at radius 1 is 0.407 bits per heavy atom. The van der Waals surface area contributed by atoms with Crippen LogP contribution in [0.4, 0.5) is 34.1 Å². The van der Waals surface area contributed by atoms with E-state index in [0.717, 1.165) is 10.7 Å². The predicted molar refractivity (Wildman–Crippen MR) is 239 cm³/mol. The van der Waals surface area contributed by atoms with Crippen LogP contribution in [0.25, 0.3) is 0 Å². The van der Waals surface area contributed by atoms with Gasteiger partial charge in [-0.05, 0) is 102 Å². The summed E-state index contributed by atoms with van der Waals surface area (Å²) < 4.78 is 0. The third-order valence-corrected chi connectivity index (χ3v) is 11.8. The van der Waals surface area contributed by atoms with E-state index in [4.69, 9.17) is 11.6 Å². The number of hydrogen-bond donors (Lipinski definition) is 0. The zero-order chi connectivity index (χ0) is 39.5. The fraction of sp³-hybridized carbons (Fsp3) is 0.400. The number of fused-ring (bicyclic) bond motifs is 4.